The van der Waals surface area contributed by atoms with E-state index in [4.69, 9.17) is 0 Å². The van der Waals surface area contributed by atoms with Gasteiger partial charge in [0.25, 0.3) is 0 Å². The molecule has 23 heavy (non-hydrogen) atoms. The summed E-state index contributed by atoms with van der Waals surface area (Å²) < 4.78 is 0. The van der Waals surface area contributed by atoms with E-state index < -0.39 is 0 Å². The number of H-pyrrole nitrogens is 1. The highest BCUT2D eigenvalue weighted by molar-refractivity contribution is 5.57. The maximum Gasteiger partial charge on any atom is 0.0939 e. The number of piperazine rings is 1. The molecular weight excluding hydrogens is 288 g/mol. The molecule has 0 spiro atoms. The average Bonchev–Trinajstić information content (AvgIpc) is 3.27. The molecule has 1 atom stereocenters. The molecule has 4 rings (SSSR count). The summed E-state index contributed by atoms with van der Waals surface area (Å²) >= 11 is 0. The Morgan fingerprint density at radius 2 is 2.13 bits per heavy atom. The topological polar surface area (TPSA) is 60.1 Å². The average molecular weight is 312 g/mol. The fourth-order valence-electron chi connectivity index (χ4n) is 3.65. The second kappa shape index (κ2) is 6.78. The minimum Gasteiger partial charge on any atom is -0.314 e. The molecule has 0 saturated carbocycles. The quantitative estimate of drug-likeness (QED) is 0.880. The van der Waals surface area contributed by atoms with Crippen molar-refractivity contribution in [1.82, 2.24) is 30.3 Å². The lowest BCUT2D eigenvalue weighted by molar-refractivity contribution is 0.170. The Kier molecular flexibility index (Phi) is 4.37. The molecule has 2 aliphatic heterocycles. The normalized spacial score (nSPS) is 23.4. The Hall–Kier alpha value is -1.76. The Morgan fingerprint density at radius 1 is 1.22 bits per heavy atom. The van der Waals surface area contributed by atoms with Crippen molar-refractivity contribution in [2.75, 3.05) is 39.3 Å². The van der Waals surface area contributed by atoms with Gasteiger partial charge in [0.05, 0.1) is 5.69 Å². The summed E-state index contributed by atoms with van der Waals surface area (Å²) in [4.78, 5) is 9.34. The van der Waals surface area contributed by atoms with Crippen LogP contribution in [0.4, 0.5) is 0 Å². The van der Waals surface area contributed by atoms with E-state index in [9.17, 15) is 0 Å². The van der Waals surface area contributed by atoms with Gasteiger partial charge in [-0.15, -0.1) is 0 Å². The smallest absolute Gasteiger partial charge is 0.0939 e. The first-order valence-electron chi connectivity index (χ1n) is 8.50. The van der Waals surface area contributed by atoms with Gasteiger partial charge >= 0.3 is 0 Å². The van der Waals surface area contributed by atoms with E-state index in [0.717, 1.165) is 36.9 Å². The summed E-state index contributed by atoms with van der Waals surface area (Å²) in [6.45, 7) is 7.94. The van der Waals surface area contributed by atoms with Crippen LogP contribution in [0.25, 0.3) is 11.3 Å². The molecule has 2 fully saturated rings. The van der Waals surface area contributed by atoms with E-state index in [2.05, 4.69) is 36.4 Å². The summed E-state index contributed by atoms with van der Waals surface area (Å²) in [7, 11) is 0. The van der Waals surface area contributed by atoms with E-state index in [1.54, 1.807) is 6.20 Å². The first-order chi connectivity index (χ1) is 11.4. The van der Waals surface area contributed by atoms with Crippen LogP contribution < -0.4 is 5.32 Å². The Morgan fingerprint density at radius 3 is 2.96 bits per heavy atom. The van der Waals surface area contributed by atoms with Crippen LogP contribution in [0.5, 0.6) is 0 Å². The van der Waals surface area contributed by atoms with Crippen molar-refractivity contribution in [1.29, 1.82) is 0 Å². The zero-order chi connectivity index (χ0) is 15.5. The number of hydrogen-bond donors (Lipinski definition) is 2. The van der Waals surface area contributed by atoms with E-state index in [1.165, 1.54) is 38.3 Å². The number of aromatic nitrogens is 3. The third kappa shape index (κ3) is 3.44. The number of nitrogens with zero attached hydrogens (tertiary/aromatic N) is 4. The second-order valence-corrected chi connectivity index (χ2v) is 6.48. The zero-order valence-corrected chi connectivity index (χ0v) is 13.4. The van der Waals surface area contributed by atoms with Crippen LogP contribution in [-0.2, 0) is 6.54 Å². The fourth-order valence-corrected chi connectivity index (χ4v) is 3.65. The molecular formula is C17H24N6. The Balaban J connectivity index is 1.35. The maximum atomic E-state index is 4.43. The lowest BCUT2D eigenvalue weighted by atomic mass is 10.2. The SMILES string of the molecule is c1cncc(-c2cc(CN3CCC(N4CCNCC4)C3)[nH]n2)c1. The van der Waals surface area contributed by atoms with Crippen molar-refractivity contribution in [3.63, 3.8) is 0 Å². The van der Waals surface area contributed by atoms with E-state index in [1.807, 2.05) is 18.3 Å². The van der Waals surface area contributed by atoms with Gasteiger partial charge in [0.1, 0.15) is 0 Å². The molecule has 2 saturated heterocycles. The highest BCUT2D eigenvalue weighted by Crippen LogP contribution is 2.20. The predicted molar refractivity (Wildman–Crippen MR) is 89.9 cm³/mol. The van der Waals surface area contributed by atoms with Gasteiger partial charge in [-0.2, -0.15) is 5.10 Å². The molecule has 2 N–H and O–H groups in total. The highest BCUT2D eigenvalue weighted by Gasteiger charge is 2.28. The lowest BCUT2D eigenvalue weighted by Gasteiger charge is -2.32. The monoisotopic (exact) mass is 312 g/mol. The number of likely N-dealkylation sites (tertiary alicyclic amines) is 1. The molecule has 2 aromatic heterocycles. The molecule has 0 bridgehead atoms. The number of hydrogen-bond acceptors (Lipinski definition) is 5. The van der Waals surface area contributed by atoms with Gasteiger partial charge in [0, 0.05) is 75.5 Å². The molecule has 1 unspecified atom stereocenters. The van der Waals surface area contributed by atoms with Crippen LogP contribution in [0.3, 0.4) is 0 Å². The van der Waals surface area contributed by atoms with Gasteiger partial charge in [-0.1, -0.05) is 0 Å². The van der Waals surface area contributed by atoms with Gasteiger partial charge in [-0.05, 0) is 24.6 Å². The number of aromatic amines is 1. The van der Waals surface area contributed by atoms with Crippen molar-refractivity contribution in [2.24, 2.45) is 0 Å². The van der Waals surface area contributed by atoms with Gasteiger partial charge in [0.15, 0.2) is 0 Å². The van der Waals surface area contributed by atoms with Crippen molar-refractivity contribution in [2.45, 2.75) is 19.0 Å². The molecule has 0 aliphatic carbocycles. The molecule has 2 aromatic rings. The standard InChI is InChI=1S/C17H24N6/c1-2-14(11-19-4-1)17-10-15(20-21-17)12-22-7-3-16(13-22)23-8-5-18-6-9-23/h1-2,4,10-11,16,18H,3,5-9,12-13H2,(H,20,21). The molecule has 6 nitrogen and oxygen atoms in total. The maximum absolute atomic E-state index is 4.43. The van der Waals surface area contributed by atoms with Gasteiger partial charge in [-0.25, -0.2) is 0 Å². The van der Waals surface area contributed by atoms with Gasteiger partial charge < -0.3 is 5.32 Å². The van der Waals surface area contributed by atoms with Crippen molar-refractivity contribution < 1.29 is 0 Å². The minimum absolute atomic E-state index is 0.720. The molecule has 6 heteroatoms. The summed E-state index contributed by atoms with van der Waals surface area (Å²) in [6.07, 6.45) is 4.93. The van der Waals surface area contributed by atoms with Crippen molar-refractivity contribution >= 4 is 0 Å². The van der Waals surface area contributed by atoms with E-state index >= 15 is 0 Å². The largest absolute Gasteiger partial charge is 0.314 e. The van der Waals surface area contributed by atoms with Crippen LogP contribution >= 0.6 is 0 Å². The Bertz CT molecular complexity index is 619. The van der Waals surface area contributed by atoms with Gasteiger partial charge in [-0.3, -0.25) is 19.9 Å². The molecule has 4 heterocycles. The molecule has 122 valence electrons. The molecule has 0 aromatic carbocycles. The van der Waals surface area contributed by atoms with Gasteiger partial charge in [0.2, 0.25) is 0 Å². The predicted octanol–water partition coefficient (Wildman–Crippen LogP) is 0.951. The van der Waals surface area contributed by atoms with Crippen LogP contribution in [0.1, 0.15) is 12.1 Å². The first-order valence-corrected chi connectivity index (χ1v) is 8.50. The summed E-state index contributed by atoms with van der Waals surface area (Å²) in [5, 5.41) is 11.0. The highest BCUT2D eigenvalue weighted by atomic mass is 15.3. The van der Waals surface area contributed by atoms with Crippen LogP contribution in [0.2, 0.25) is 0 Å². The number of pyridine rings is 1. The molecule has 0 amide bonds. The van der Waals surface area contributed by atoms with Crippen molar-refractivity contribution in [3.8, 4) is 11.3 Å². The summed E-state index contributed by atoms with van der Waals surface area (Å²) in [5.74, 6) is 0. The zero-order valence-electron chi connectivity index (χ0n) is 13.4. The third-order valence-electron chi connectivity index (χ3n) is 4.90. The van der Waals surface area contributed by atoms with Crippen LogP contribution in [0.15, 0.2) is 30.6 Å². The second-order valence-electron chi connectivity index (χ2n) is 6.48. The fraction of sp³-hybridized carbons (Fsp3) is 0.529. The lowest BCUT2D eigenvalue weighted by Crippen LogP contribution is -2.49. The first kappa shape index (κ1) is 14.8. The van der Waals surface area contributed by atoms with E-state index in [-0.39, 0.29) is 0 Å². The van der Waals surface area contributed by atoms with E-state index in [0.29, 0.717) is 0 Å². The minimum atomic E-state index is 0.720. The number of rotatable bonds is 4. The summed E-state index contributed by atoms with van der Waals surface area (Å²) in [6, 6.07) is 6.86. The van der Waals surface area contributed by atoms with Crippen LogP contribution in [-0.4, -0.2) is 70.3 Å². The molecule has 0 radical (unpaired) electrons. The summed E-state index contributed by atoms with van der Waals surface area (Å²) in [5.41, 5.74) is 3.23. The molecule has 2 aliphatic rings. The number of nitrogens with one attached hydrogen (secondary N) is 2. The van der Waals surface area contributed by atoms with Crippen molar-refractivity contribution in [3.05, 3.63) is 36.3 Å². The van der Waals surface area contributed by atoms with Crippen LogP contribution in [0, 0.1) is 0 Å². The Labute approximate surface area is 136 Å². The third-order valence-corrected chi connectivity index (χ3v) is 4.90.